The van der Waals surface area contributed by atoms with E-state index < -0.39 is 0 Å². The van der Waals surface area contributed by atoms with E-state index in [-0.39, 0.29) is 0 Å². The van der Waals surface area contributed by atoms with Crippen molar-refractivity contribution in [2.45, 2.75) is 53.4 Å². The Morgan fingerprint density at radius 3 is 2.28 bits per heavy atom. The topological polar surface area (TPSA) is 18.5 Å². The summed E-state index contributed by atoms with van der Waals surface area (Å²) in [5, 5.41) is 0. The van der Waals surface area contributed by atoms with Crippen molar-refractivity contribution in [3.63, 3.8) is 0 Å². The third-order valence-corrected chi connectivity index (χ3v) is 4.88. The lowest BCUT2D eigenvalue weighted by molar-refractivity contribution is 0.234. The molecule has 0 bridgehead atoms. The lowest BCUT2D eigenvalue weighted by atomic mass is 9.99. The first kappa shape index (κ1) is 19.4. The number of rotatable bonds is 9. The van der Waals surface area contributed by atoms with Crippen LogP contribution in [0.2, 0.25) is 0 Å². The monoisotopic (exact) mass is 340 g/mol. The summed E-state index contributed by atoms with van der Waals surface area (Å²) in [6, 6.07) is 12.8. The molecule has 1 atom stereocenters. The summed E-state index contributed by atoms with van der Waals surface area (Å²) < 4.78 is 11.8. The molecule has 0 saturated carbocycles. The van der Waals surface area contributed by atoms with Crippen LogP contribution in [0.15, 0.2) is 36.4 Å². The highest BCUT2D eigenvalue weighted by molar-refractivity contribution is 5.73. The predicted octanol–water partition coefficient (Wildman–Crippen LogP) is 6.57. The number of hydrogen-bond acceptors (Lipinski definition) is 2. The normalized spacial score (nSPS) is 12.0. The van der Waals surface area contributed by atoms with Gasteiger partial charge < -0.3 is 9.47 Å². The van der Waals surface area contributed by atoms with Crippen molar-refractivity contribution >= 4 is 0 Å². The van der Waals surface area contributed by atoms with Crippen molar-refractivity contribution in [1.82, 2.24) is 0 Å². The molecule has 0 aliphatic rings. The Morgan fingerprint density at radius 1 is 0.960 bits per heavy atom. The molecule has 2 heteroatoms. The van der Waals surface area contributed by atoms with Gasteiger partial charge >= 0.3 is 0 Å². The van der Waals surface area contributed by atoms with Crippen LogP contribution in [0.5, 0.6) is 11.5 Å². The molecule has 0 N–H and O–H groups in total. The minimum absolute atomic E-state index is 0.619. The molecule has 2 nitrogen and oxygen atoms in total. The van der Waals surface area contributed by atoms with Crippen LogP contribution in [0, 0.1) is 19.8 Å². The molecular formula is C23H32O2. The fraction of sp³-hybridized carbons (Fsp3) is 0.478. The van der Waals surface area contributed by atoms with Crippen molar-refractivity contribution in [3.05, 3.63) is 47.5 Å². The Morgan fingerprint density at radius 2 is 1.68 bits per heavy atom. The number of hydrogen-bond donors (Lipinski definition) is 0. The van der Waals surface area contributed by atoms with Gasteiger partial charge in [0, 0.05) is 5.56 Å². The van der Waals surface area contributed by atoms with Crippen LogP contribution in [0.1, 0.15) is 50.7 Å². The standard InChI is InChI=1S/C23H32O2/c1-6-8-9-19(7-2)16-25-23-14-18(4)22(24-5)15-21(23)20-12-10-17(3)11-13-20/h10-15,19H,6-9,16H2,1-5H3. The maximum Gasteiger partial charge on any atom is 0.127 e. The Kier molecular flexibility index (Phi) is 7.36. The SMILES string of the molecule is CCCCC(CC)COc1cc(C)c(OC)cc1-c1ccc(C)cc1. The van der Waals surface area contributed by atoms with Gasteiger partial charge in [0.2, 0.25) is 0 Å². The molecular weight excluding hydrogens is 308 g/mol. The van der Waals surface area contributed by atoms with Crippen molar-refractivity contribution in [3.8, 4) is 22.6 Å². The Bertz CT molecular complexity index is 659. The second-order valence-electron chi connectivity index (χ2n) is 6.91. The van der Waals surface area contributed by atoms with E-state index in [4.69, 9.17) is 9.47 Å². The van der Waals surface area contributed by atoms with Gasteiger partial charge in [-0.2, -0.15) is 0 Å². The van der Waals surface area contributed by atoms with Crippen LogP contribution in [0.25, 0.3) is 11.1 Å². The molecule has 25 heavy (non-hydrogen) atoms. The van der Waals surface area contributed by atoms with Crippen LogP contribution in [0.3, 0.4) is 0 Å². The fourth-order valence-electron chi connectivity index (χ4n) is 3.07. The van der Waals surface area contributed by atoms with E-state index in [0.29, 0.717) is 5.92 Å². The lowest BCUT2D eigenvalue weighted by Crippen LogP contribution is -2.12. The second kappa shape index (κ2) is 9.50. The molecule has 0 amide bonds. The Hall–Kier alpha value is -1.96. The number of ether oxygens (including phenoxy) is 2. The average molecular weight is 341 g/mol. The molecule has 2 rings (SSSR count). The van der Waals surface area contributed by atoms with Gasteiger partial charge in [0.25, 0.3) is 0 Å². The van der Waals surface area contributed by atoms with Crippen LogP contribution < -0.4 is 9.47 Å². The summed E-state index contributed by atoms with van der Waals surface area (Å²) >= 11 is 0. The minimum atomic E-state index is 0.619. The maximum atomic E-state index is 6.30. The largest absolute Gasteiger partial charge is 0.496 e. The Labute approximate surface area is 153 Å². The molecule has 136 valence electrons. The number of aryl methyl sites for hydroxylation is 2. The van der Waals surface area contributed by atoms with Crippen molar-refractivity contribution < 1.29 is 9.47 Å². The summed E-state index contributed by atoms with van der Waals surface area (Å²) in [7, 11) is 1.72. The summed E-state index contributed by atoms with van der Waals surface area (Å²) in [6.07, 6.45) is 4.91. The van der Waals surface area contributed by atoms with Gasteiger partial charge in [0.05, 0.1) is 13.7 Å². The average Bonchev–Trinajstić information content (AvgIpc) is 2.63. The van der Waals surface area contributed by atoms with E-state index in [1.807, 2.05) is 0 Å². The van der Waals surface area contributed by atoms with Crippen LogP contribution in [-0.4, -0.2) is 13.7 Å². The molecule has 0 aliphatic heterocycles. The highest BCUT2D eigenvalue weighted by Crippen LogP contribution is 2.36. The maximum absolute atomic E-state index is 6.30. The Balaban J connectivity index is 2.29. The van der Waals surface area contributed by atoms with Gasteiger partial charge in [0.1, 0.15) is 11.5 Å². The van der Waals surface area contributed by atoms with E-state index in [1.165, 1.54) is 30.4 Å². The summed E-state index contributed by atoms with van der Waals surface area (Å²) in [5.74, 6) is 2.48. The third-order valence-electron chi connectivity index (χ3n) is 4.88. The zero-order valence-corrected chi connectivity index (χ0v) is 16.4. The predicted molar refractivity (Wildman–Crippen MR) is 107 cm³/mol. The molecule has 2 aromatic rings. The van der Waals surface area contributed by atoms with E-state index in [2.05, 4.69) is 64.1 Å². The lowest BCUT2D eigenvalue weighted by Gasteiger charge is -2.19. The quantitative estimate of drug-likeness (QED) is 0.513. The van der Waals surface area contributed by atoms with E-state index in [0.717, 1.165) is 35.7 Å². The number of unbranched alkanes of at least 4 members (excludes halogenated alkanes) is 1. The van der Waals surface area contributed by atoms with Gasteiger partial charge in [-0.15, -0.1) is 0 Å². The van der Waals surface area contributed by atoms with Gasteiger partial charge in [-0.25, -0.2) is 0 Å². The first-order chi connectivity index (χ1) is 12.1. The van der Waals surface area contributed by atoms with Crippen molar-refractivity contribution in [1.29, 1.82) is 0 Å². The van der Waals surface area contributed by atoms with Crippen LogP contribution in [0.4, 0.5) is 0 Å². The first-order valence-corrected chi connectivity index (χ1v) is 9.47. The van der Waals surface area contributed by atoms with Crippen LogP contribution in [-0.2, 0) is 0 Å². The highest BCUT2D eigenvalue weighted by Gasteiger charge is 2.14. The van der Waals surface area contributed by atoms with E-state index in [9.17, 15) is 0 Å². The fourth-order valence-corrected chi connectivity index (χ4v) is 3.07. The number of methoxy groups -OCH3 is 1. The summed E-state index contributed by atoms with van der Waals surface area (Å²) in [5.41, 5.74) is 4.64. The highest BCUT2D eigenvalue weighted by atomic mass is 16.5. The van der Waals surface area contributed by atoms with Gasteiger partial charge in [-0.1, -0.05) is 62.9 Å². The van der Waals surface area contributed by atoms with Gasteiger partial charge in [-0.05, 0) is 49.4 Å². The summed E-state index contributed by atoms with van der Waals surface area (Å²) in [4.78, 5) is 0. The third kappa shape index (κ3) is 5.26. The van der Waals surface area contributed by atoms with Crippen molar-refractivity contribution in [2.24, 2.45) is 5.92 Å². The minimum Gasteiger partial charge on any atom is -0.496 e. The molecule has 2 aromatic carbocycles. The molecule has 0 aliphatic carbocycles. The second-order valence-corrected chi connectivity index (χ2v) is 6.91. The number of benzene rings is 2. The van der Waals surface area contributed by atoms with Crippen molar-refractivity contribution in [2.75, 3.05) is 13.7 Å². The van der Waals surface area contributed by atoms with Crippen LogP contribution >= 0.6 is 0 Å². The van der Waals surface area contributed by atoms with E-state index >= 15 is 0 Å². The molecule has 0 heterocycles. The summed E-state index contributed by atoms with van der Waals surface area (Å²) in [6.45, 7) is 9.45. The molecule has 0 radical (unpaired) electrons. The van der Waals surface area contributed by atoms with Gasteiger partial charge in [0.15, 0.2) is 0 Å². The van der Waals surface area contributed by atoms with E-state index in [1.54, 1.807) is 7.11 Å². The first-order valence-electron chi connectivity index (χ1n) is 9.47. The zero-order valence-electron chi connectivity index (χ0n) is 16.4. The zero-order chi connectivity index (χ0) is 18.2. The smallest absolute Gasteiger partial charge is 0.127 e. The molecule has 0 aromatic heterocycles. The molecule has 0 saturated heterocycles. The van der Waals surface area contributed by atoms with Gasteiger partial charge in [-0.3, -0.25) is 0 Å². The molecule has 0 fully saturated rings. The molecule has 0 spiro atoms. The molecule has 1 unspecified atom stereocenters.